The van der Waals surface area contributed by atoms with E-state index in [2.05, 4.69) is 30.0 Å². The molecule has 27 heavy (non-hydrogen) atoms. The Bertz CT molecular complexity index is 904. The predicted molar refractivity (Wildman–Crippen MR) is 97.8 cm³/mol. The van der Waals surface area contributed by atoms with Crippen LogP contribution in [0, 0.1) is 6.92 Å². The third-order valence-corrected chi connectivity index (χ3v) is 4.69. The van der Waals surface area contributed by atoms with Crippen LogP contribution in [-0.4, -0.2) is 43.6 Å². The molecule has 0 aliphatic carbocycles. The lowest BCUT2D eigenvalue weighted by Gasteiger charge is -2.33. The molecule has 140 valence electrons. The molecule has 3 aromatic heterocycles. The van der Waals surface area contributed by atoms with E-state index in [4.69, 9.17) is 4.42 Å². The van der Waals surface area contributed by atoms with E-state index in [9.17, 15) is 4.79 Å². The van der Waals surface area contributed by atoms with E-state index in [0.29, 0.717) is 12.2 Å². The second-order valence-corrected chi connectivity index (χ2v) is 6.74. The number of hydrogen-bond acceptors (Lipinski definition) is 6. The van der Waals surface area contributed by atoms with Crippen molar-refractivity contribution < 1.29 is 9.21 Å². The highest BCUT2D eigenvalue weighted by molar-refractivity contribution is 5.91. The fraction of sp³-hybridized carbons (Fsp3) is 0.368. The third kappa shape index (κ3) is 4.06. The maximum Gasteiger partial charge on any atom is 0.271 e. The Labute approximate surface area is 157 Å². The van der Waals surface area contributed by atoms with Crippen LogP contribution in [0.3, 0.4) is 0 Å². The molecule has 0 aromatic carbocycles. The lowest BCUT2D eigenvalue weighted by Crippen LogP contribution is -2.39. The number of rotatable bonds is 6. The number of nitrogens with one attached hydrogen (secondary N) is 1. The van der Waals surface area contributed by atoms with Crippen molar-refractivity contribution >= 4 is 5.91 Å². The first kappa shape index (κ1) is 17.4. The summed E-state index contributed by atoms with van der Waals surface area (Å²) >= 11 is 0. The van der Waals surface area contributed by atoms with Crippen LogP contribution in [0.25, 0.3) is 0 Å². The zero-order valence-electron chi connectivity index (χ0n) is 15.2. The van der Waals surface area contributed by atoms with E-state index >= 15 is 0 Å². The number of amides is 1. The lowest BCUT2D eigenvalue weighted by molar-refractivity contribution is 0.0941. The van der Waals surface area contributed by atoms with Crippen molar-refractivity contribution in [1.82, 2.24) is 30.0 Å². The summed E-state index contributed by atoms with van der Waals surface area (Å²) in [4.78, 5) is 22.4. The van der Waals surface area contributed by atoms with Gasteiger partial charge in [-0.3, -0.25) is 19.4 Å². The molecule has 4 rings (SSSR count). The van der Waals surface area contributed by atoms with Gasteiger partial charge in [0, 0.05) is 38.2 Å². The number of hydrogen-bond donors (Lipinski definition) is 1. The Morgan fingerprint density at radius 2 is 2.22 bits per heavy atom. The zero-order chi connectivity index (χ0) is 18.6. The quantitative estimate of drug-likeness (QED) is 0.717. The number of aromatic nitrogens is 4. The number of carbonyl (C=O) groups excluding carboxylic acids is 1. The topological polar surface area (TPSA) is 89.1 Å². The fourth-order valence-corrected chi connectivity index (χ4v) is 3.45. The second-order valence-electron chi connectivity index (χ2n) is 6.74. The summed E-state index contributed by atoms with van der Waals surface area (Å²) in [5, 5.41) is 7.39. The van der Waals surface area contributed by atoms with Crippen LogP contribution in [0.5, 0.6) is 0 Å². The Balaban J connectivity index is 1.37. The molecule has 0 saturated heterocycles. The molecule has 3 aromatic rings. The highest BCUT2D eigenvalue weighted by atomic mass is 16.3. The fourth-order valence-electron chi connectivity index (χ4n) is 3.45. The number of nitrogens with zero attached hydrogens (tertiary/aromatic N) is 5. The minimum absolute atomic E-state index is 0.196. The van der Waals surface area contributed by atoms with Gasteiger partial charge >= 0.3 is 0 Å². The van der Waals surface area contributed by atoms with Crippen LogP contribution in [0.4, 0.5) is 0 Å². The summed E-state index contributed by atoms with van der Waals surface area (Å²) < 4.78 is 7.79. The number of furan rings is 1. The van der Waals surface area contributed by atoms with E-state index in [-0.39, 0.29) is 11.9 Å². The number of fused-ring (bicyclic) bond motifs is 1. The van der Waals surface area contributed by atoms with E-state index in [0.717, 1.165) is 37.6 Å². The molecule has 0 bridgehead atoms. The normalized spacial score (nSPS) is 16.9. The van der Waals surface area contributed by atoms with Gasteiger partial charge < -0.3 is 9.73 Å². The van der Waals surface area contributed by atoms with Crippen LogP contribution in [-0.2, 0) is 13.1 Å². The van der Waals surface area contributed by atoms with E-state index in [1.54, 1.807) is 6.20 Å². The Morgan fingerprint density at radius 1 is 1.30 bits per heavy atom. The smallest absolute Gasteiger partial charge is 0.271 e. The Hall–Kier alpha value is -3.00. The molecule has 1 atom stereocenters. The first-order valence-corrected chi connectivity index (χ1v) is 9.03. The molecule has 0 unspecified atom stereocenters. The summed E-state index contributed by atoms with van der Waals surface area (Å²) in [7, 11) is 0. The van der Waals surface area contributed by atoms with Crippen LogP contribution in [0.15, 0.2) is 47.4 Å². The standard InChI is InChI=1S/C19H22N6O2/c1-14-2-3-17(27-14)13-24-11-15(25-16(12-24)5-7-23-25)4-6-22-19(26)18-10-20-8-9-21-18/h2-3,5,7-10,15H,4,6,11-13H2,1H3,(H,22,26)/t15-/m0/s1. The monoisotopic (exact) mass is 366 g/mol. The Kier molecular flexibility index (Phi) is 4.97. The molecule has 0 spiro atoms. The van der Waals surface area contributed by atoms with Gasteiger partial charge in [0.1, 0.15) is 17.2 Å². The molecule has 8 heteroatoms. The molecule has 0 saturated carbocycles. The zero-order valence-corrected chi connectivity index (χ0v) is 15.2. The van der Waals surface area contributed by atoms with Gasteiger partial charge in [-0.15, -0.1) is 0 Å². The van der Waals surface area contributed by atoms with Crippen molar-refractivity contribution in [1.29, 1.82) is 0 Å². The summed E-state index contributed by atoms with van der Waals surface area (Å²) in [6.07, 6.45) is 7.15. The minimum Gasteiger partial charge on any atom is -0.465 e. The highest BCUT2D eigenvalue weighted by Crippen LogP contribution is 2.24. The molecule has 8 nitrogen and oxygen atoms in total. The van der Waals surface area contributed by atoms with Crippen molar-refractivity contribution in [3.05, 3.63) is 65.9 Å². The van der Waals surface area contributed by atoms with Gasteiger partial charge in [-0.2, -0.15) is 5.10 Å². The summed E-state index contributed by atoms with van der Waals surface area (Å²) in [5.41, 5.74) is 1.51. The largest absolute Gasteiger partial charge is 0.465 e. The maximum absolute atomic E-state index is 12.1. The minimum atomic E-state index is -0.206. The number of aryl methyl sites for hydroxylation is 1. The van der Waals surface area contributed by atoms with E-state index in [1.165, 1.54) is 18.1 Å². The molecular weight excluding hydrogens is 344 g/mol. The molecule has 0 fully saturated rings. The van der Waals surface area contributed by atoms with Gasteiger partial charge in [0.15, 0.2) is 0 Å². The van der Waals surface area contributed by atoms with Crippen LogP contribution < -0.4 is 5.32 Å². The molecular formula is C19H22N6O2. The average Bonchev–Trinajstić information content (AvgIpc) is 3.31. The molecule has 4 heterocycles. The van der Waals surface area contributed by atoms with Crippen LogP contribution >= 0.6 is 0 Å². The maximum atomic E-state index is 12.1. The van der Waals surface area contributed by atoms with Gasteiger partial charge in [0.2, 0.25) is 0 Å². The van der Waals surface area contributed by atoms with Crippen molar-refractivity contribution in [3.63, 3.8) is 0 Å². The first-order valence-electron chi connectivity index (χ1n) is 9.03. The third-order valence-electron chi connectivity index (χ3n) is 4.69. The highest BCUT2D eigenvalue weighted by Gasteiger charge is 2.26. The molecule has 1 amide bonds. The van der Waals surface area contributed by atoms with Crippen LogP contribution in [0.2, 0.25) is 0 Å². The molecule has 1 aliphatic rings. The van der Waals surface area contributed by atoms with Gasteiger partial charge in [0.25, 0.3) is 5.91 Å². The van der Waals surface area contributed by atoms with E-state index in [1.807, 2.05) is 31.3 Å². The van der Waals surface area contributed by atoms with Gasteiger partial charge in [-0.1, -0.05) is 0 Å². The van der Waals surface area contributed by atoms with Crippen molar-refractivity contribution in [2.24, 2.45) is 0 Å². The van der Waals surface area contributed by atoms with Crippen LogP contribution in [0.1, 0.15) is 40.2 Å². The van der Waals surface area contributed by atoms with Crippen molar-refractivity contribution in [2.45, 2.75) is 32.5 Å². The van der Waals surface area contributed by atoms with Crippen molar-refractivity contribution in [2.75, 3.05) is 13.1 Å². The summed E-state index contributed by atoms with van der Waals surface area (Å²) in [6, 6.07) is 6.26. The SMILES string of the molecule is Cc1ccc(CN2Cc3ccnn3[C@@H](CCNC(=O)c3cnccn3)C2)o1. The number of carbonyl (C=O) groups is 1. The van der Waals surface area contributed by atoms with Crippen molar-refractivity contribution in [3.8, 4) is 0 Å². The molecule has 0 radical (unpaired) electrons. The van der Waals surface area contributed by atoms with Gasteiger partial charge in [-0.05, 0) is 31.5 Å². The first-order chi connectivity index (χ1) is 13.2. The molecule has 1 N–H and O–H groups in total. The lowest BCUT2D eigenvalue weighted by atomic mass is 10.1. The summed E-state index contributed by atoms with van der Waals surface area (Å²) in [6.45, 7) is 4.96. The predicted octanol–water partition coefficient (Wildman–Crippen LogP) is 1.95. The van der Waals surface area contributed by atoms with Gasteiger partial charge in [-0.25, -0.2) is 4.98 Å². The van der Waals surface area contributed by atoms with Gasteiger partial charge in [0.05, 0.1) is 24.5 Å². The summed E-state index contributed by atoms with van der Waals surface area (Å²) in [5.74, 6) is 1.69. The van der Waals surface area contributed by atoms with E-state index < -0.39 is 0 Å². The average molecular weight is 366 g/mol. The Morgan fingerprint density at radius 3 is 3.00 bits per heavy atom. The second kappa shape index (κ2) is 7.71. The molecule has 1 aliphatic heterocycles.